The molecular weight excluding hydrogens is 242 g/mol. The van der Waals surface area contributed by atoms with Gasteiger partial charge in [-0.1, -0.05) is 25.1 Å². The Bertz CT molecular complexity index is 564. The van der Waals surface area contributed by atoms with Crippen LogP contribution in [0.1, 0.15) is 28.9 Å². The molecule has 0 aliphatic heterocycles. The normalized spacial score (nSPS) is 10.4. The molecule has 0 aliphatic carbocycles. The number of benzene rings is 1. The molecule has 2 aromatic rings. The standard InChI is InChI=1S/C13H17N5O/c1-3-14-8-10-6-4-5-7-11(10)16-13(19)12-15-9(2)17-18-12/h4-7,14H,3,8H2,1-2H3,(H,16,19)(H,15,17,18). The van der Waals surface area contributed by atoms with Gasteiger partial charge in [-0.2, -0.15) is 0 Å². The van der Waals surface area contributed by atoms with E-state index in [0.717, 1.165) is 17.8 Å². The van der Waals surface area contributed by atoms with Crippen LogP contribution in [0.3, 0.4) is 0 Å². The van der Waals surface area contributed by atoms with Crippen LogP contribution in [0.2, 0.25) is 0 Å². The largest absolute Gasteiger partial charge is 0.319 e. The van der Waals surface area contributed by atoms with Crippen LogP contribution in [0.15, 0.2) is 24.3 Å². The molecule has 1 aromatic heterocycles. The predicted molar refractivity (Wildman–Crippen MR) is 72.9 cm³/mol. The second-order valence-electron chi connectivity index (χ2n) is 4.14. The average molecular weight is 259 g/mol. The quantitative estimate of drug-likeness (QED) is 0.759. The number of hydrogen-bond donors (Lipinski definition) is 3. The zero-order valence-corrected chi connectivity index (χ0v) is 11.0. The number of hydrogen-bond acceptors (Lipinski definition) is 4. The number of para-hydroxylation sites is 1. The van der Waals surface area contributed by atoms with Crippen LogP contribution >= 0.6 is 0 Å². The van der Waals surface area contributed by atoms with E-state index in [1.54, 1.807) is 6.92 Å². The van der Waals surface area contributed by atoms with E-state index in [2.05, 4.69) is 25.8 Å². The van der Waals surface area contributed by atoms with Crippen molar-refractivity contribution in [3.63, 3.8) is 0 Å². The Labute approximate surface area is 111 Å². The molecule has 0 saturated heterocycles. The summed E-state index contributed by atoms with van der Waals surface area (Å²) < 4.78 is 0. The third kappa shape index (κ3) is 3.38. The van der Waals surface area contributed by atoms with Crippen LogP contribution < -0.4 is 10.6 Å². The van der Waals surface area contributed by atoms with Crippen molar-refractivity contribution >= 4 is 11.6 Å². The average Bonchev–Trinajstić information content (AvgIpc) is 2.84. The number of carbonyl (C=O) groups is 1. The molecule has 0 unspecified atom stereocenters. The third-order valence-electron chi connectivity index (χ3n) is 2.63. The lowest BCUT2D eigenvalue weighted by Crippen LogP contribution is -2.18. The fourth-order valence-electron chi connectivity index (χ4n) is 1.68. The lowest BCUT2D eigenvalue weighted by molar-refractivity contribution is 0.101. The van der Waals surface area contributed by atoms with Crippen molar-refractivity contribution in [3.8, 4) is 0 Å². The minimum atomic E-state index is -0.312. The SMILES string of the molecule is CCNCc1ccccc1NC(=O)c1n[nH]c(C)n1. The van der Waals surface area contributed by atoms with Crippen LogP contribution in [-0.4, -0.2) is 27.6 Å². The maximum Gasteiger partial charge on any atom is 0.295 e. The van der Waals surface area contributed by atoms with Gasteiger partial charge in [-0.05, 0) is 25.1 Å². The summed E-state index contributed by atoms with van der Waals surface area (Å²) in [6, 6.07) is 7.67. The van der Waals surface area contributed by atoms with Gasteiger partial charge >= 0.3 is 0 Å². The highest BCUT2D eigenvalue weighted by Crippen LogP contribution is 2.15. The second kappa shape index (κ2) is 6.10. The minimum absolute atomic E-state index is 0.149. The Morgan fingerprint density at radius 3 is 2.84 bits per heavy atom. The highest BCUT2D eigenvalue weighted by atomic mass is 16.2. The predicted octanol–water partition coefficient (Wildman–Crippen LogP) is 1.47. The zero-order valence-electron chi connectivity index (χ0n) is 11.0. The van der Waals surface area contributed by atoms with Crippen LogP contribution in [0.4, 0.5) is 5.69 Å². The molecule has 19 heavy (non-hydrogen) atoms. The number of aryl methyl sites for hydroxylation is 1. The molecule has 2 rings (SSSR count). The van der Waals surface area contributed by atoms with Crippen molar-refractivity contribution in [2.45, 2.75) is 20.4 Å². The first kappa shape index (κ1) is 13.2. The monoisotopic (exact) mass is 259 g/mol. The number of nitrogens with one attached hydrogen (secondary N) is 3. The van der Waals surface area contributed by atoms with Gasteiger partial charge in [0.2, 0.25) is 5.82 Å². The first-order chi connectivity index (χ1) is 9.20. The number of carbonyl (C=O) groups excluding carboxylic acids is 1. The Hall–Kier alpha value is -2.21. The molecule has 6 heteroatoms. The van der Waals surface area contributed by atoms with E-state index in [-0.39, 0.29) is 11.7 Å². The molecule has 6 nitrogen and oxygen atoms in total. The van der Waals surface area contributed by atoms with E-state index in [1.165, 1.54) is 0 Å². The number of rotatable bonds is 5. The van der Waals surface area contributed by atoms with Crippen molar-refractivity contribution in [1.82, 2.24) is 20.5 Å². The first-order valence-corrected chi connectivity index (χ1v) is 6.19. The van der Waals surface area contributed by atoms with Gasteiger partial charge in [-0.3, -0.25) is 9.89 Å². The molecule has 1 amide bonds. The van der Waals surface area contributed by atoms with Crippen molar-refractivity contribution in [2.75, 3.05) is 11.9 Å². The lowest BCUT2D eigenvalue weighted by atomic mass is 10.1. The van der Waals surface area contributed by atoms with E-state index in [0.29, 0.717) is 12.4 Å². The highest BCUT2D eigenvalue weighted by Gasteiger charge is 2.12. The number of aromatic nitrogens is 3. The van der Waals surface area contributed by atoms with Crippen LogP contribution in [0.25, 0.3) is 0 Å². The summed E-state index contributed by atoms with van der Waals surface area (Å²) in [5.74, 6) is 0.454. The van der Waals surface area contributed by atoms with Gasteiger partial charge in [-0.25, -0.2) is 4.98 Å². The van der Waals surface area contributed by atoms with E-state index in [9.17, 15) is 4.79 Å². The Morgan fingerprint density at radius 2 is 2.16 bits per heavy atom. The second-order valence-corrected chi connectivity index (χ2v) is 4.14. The molecule has 3 N–H and O–H groups in total. The number of anilines is 1. The topological polar surface area (TPSA) is 82.7 Å². The number of amides is 1. The number of H-pyrrole nitrogens is 1. The van der Waals surface area contributed by atoms with Gasteiger partial charge < -0.3 is 10.6 Å². The van der Waals surface area contributed by atoms with E-state index in [1.807, 2.05) is 31.2 Å². The van der Waals surface area contributed by atoms with Gasteiger partial charge in [0.05, 0.1) is 0 Å². The van der Waals surface area contributed by atoms with Crippen molar-refractivity contribution < 1.29 is 4.79 Å². The molecule has 0 saturated carbocycles. The molecule has 0 fully saturated rings. The van der Waals surface area contributed by atoms with Crippen LogP contribution in [0.5, 0.6) is 0 Å². The van der Waals surface area contributed by atoms with Gasteiger partial charge in [0.15, 0.2) is 0 Å². The van der Waals surface area contributed by atoms with Gasteiger partial charge in [0, 0.05) is 12.2 Å². The summed E-state index contributed by atoms with van der Waals surface area (Å²) in [6.07, 6.45) is 0. The van der Waals surface area contributed by atoms with E-state index < -0.39 is 0 Å². The minimum Gasteiger partial charge on any atom is -0.319 e. The lowest BCUT2D eigenvalue weighted by Gasteiger charge is -2.10. The molecule has 1 aromatic carbocycles. The fourth-order valence-corrected chi connectivity index (χ4v) is 1.68. The Morgan fingerprint density at radius 1 is 1.37 bits per heavy atom. The van der Waals surface area contributed by atoms with Gasteiger partial charge in [0.25, 0.3) is 5.91 Å². The molecule has 0 bridgehead atoms. The molecule has 0 spiro atoms. The summed E-state index contributed by atoms with van der Waals surface area (Å²) in [5.41, 5.74) is 1.81. The van der Waals surface area contributed by atoms with Crippen molar-refractivity contribution in [3.05, 3.63) is 41.5 Å². The summed E-state index contributed by atoms with van der Waals surface area (Å²) in [5, 5.41) is 12.5. The Balaban J connectivity index is 2.12. The summed E-state index contributed by atoms with van der Waals surface area (Å²) in [6.45, 7) is 5.38. The molecule has 0 radical (unpaired) electrons. The molecule has 1 heterocycles. The highest BCUT2D eigenvalue weighted by molar-refractivity contribution is 6.01. The van der Waals surface area contributed by atoms with Crippen molar-refractivity contribution in [2.24, 2.45) is 0 Å². The molecule has 0 atom stereocenters. The third-order valence-corrected chi connectivity index (χ3v) is 2.63. The van der Waals surface area contributed by atoms with Crippen molar-refractivity contribution in [1.29, 1.82) is 0 Å². The maximum absolute atomic E-state index is 12.0. The number of nitrogens with zero attached hydrogens (tertiary/aromatic N) is 2. The number of aromatic amines is 1. The Kier molecular flexibility index (Phi) is 4.25. The first-order valence-electron chi connectivity index (χ1n) is 6.19. The molecular formula is C13H17N5O. The van der Waals surface area contributed by atoms with Gasteiger partial charge in [0.1, 0.15) is 5.82 Å². The van der Waals surface area contributed by atoms with E-state index in [4.69, 9.17) is 0 Å². The summed E-state index contributed by atoms with van der Waals surface area (Å²) in [4.78, 5) is 16.0. The van der Waals surface area contributed by atoms with Crippen LogP contribution in [0, 0.1) is 6.92 Å². The smallest absolute Gasteiger partial charge is 0.295 e. The van der Waals surface area contributed by atoms with Gasteiger partial charge in [-0.15, -0.1) is 5.10 Å². The fraction of sp³-hybridized carbons (Fsp3) is 0.308. The maximum atomic E-state index is 12.0. The van der Waals surface area contributed by atoms with E-state index >= 15 is 0 Å². The molecule has 100 valence electrons. The van der Waals surface area contributed by atoms with Crippen LogP contribution in [-0.2, 0) is 6.54 Å². The zero-order chi connectivity index (χ0) is 13.7. The molecule has 0 aliphatic rings. The summed E-state index contributed by atoms with van der Waals surface area (Å²) in [7, 11) is 0. The summed E-state index contributed by atoms with van der Waals surface area (Å²) >= 11 is 0.